The molecule has 0 atom stereocenters. The van der Waals surface area contributed by atoms with E-state index in [4.69, 9.17) is 10.00 Å². The lowest BCUT2D eigenvalue weighted by Gasteiger charge is -2.05. The van der Waals surface area contributed by atoms with Gasteiger partial charge in [0.2, 0.25) is 5.82 Å². The number of nitriles is 1. The van der Waals surface area contributed by atoms with Crippen LogP contribution < -0.4 is 4.74 Å². The molecule has 1 aliphatic rings. The van der Waals surface area contributed by atoms with Crippen LogP contribution in [0.1, 0.15) is 17.0 Å². The number of aryl methyl sites for hydroxylation is 2. The van der Waals surface area contributed by atoms with E-state index in [0.717, 1.165) is 31.7 Å². The highest BCUT2D eigenvalue weighted by molar-refractivity contribution is 5.39. The molecule has 0 saturated carbocycles. The Morgan fingerprint density at radius 1 is 1.44 bits per heavy atom. The van der Waals surface area contributed by atoms with E-state index in [9.17, 15) is 0 Å². The molecule has 1 aromatic carbocycles. The first kappa shape index (κ1) is 10.8. The largest absolute Gasteiger partial charge is 0.493 e. The van der Waals surface area contributed by atoms with Gasteiger partial charge in [0.15, 0.2) is 0 Å². The highest BCUT2D eigenvalue weighted by atomic mass is 16.5. The molecule has 2 aromatic rings. The fourth-order valence-corrected chi connectivity index (χ4v) is 2.25. The van der Waals surface area contributed by atoms with Crippen LogP contribution in [0.15, 0.2) is 30.6 Å². The Morgan fingerprint density at radius 2 is 2.39 bits per heavy atom. The average molecular weight is 239 g/mol. The molecular weight excluding hydrogens is 226 g/mol. The Hall–Kier alpha value is -2.28. The van der Waals surface area contributed by atoms with Gasteiger partial charge in [-0.25, -0.2) is 4.98 Å². The van der Waals surface area contributed by atoms with Gasteiger partial charge in [-0.1, -0.05) is 12.1 Å². The summed E-state index contributed by atoms with van der Waals surface area (Å²) < 4.78 is 7.36. The van der Waals surface area contributed by atoms with Gasteiger partial charge in [-0.3, -0.25) is 0 Å². The minimum atomic E-state index is 0.472. The fourth-order valence-electron chi connectivity index (χ4n) is 2.25. The standard InChI is InChI=1S/C14H13N3O/c15-10-14-16-5-7-17(14)6-3-11-1-2-13-12(9-11)4-8-18-13/h1-2,5,7,9H,3-4,6,8H2. The van der Waals surface area contributed by atoms with Gasteiger partial charge >= 0.3 is 0 Å². The monoisotopic (exact) mass is 239 g/mol. The molecule has 0 saturated heterocycles. The van der Waals surface area contributed by atoms with Crippen LogP contribution in [0.4, 0.5) is 0 Å². The van der Waals surface area contributed by atoms with Gasteiger partial charge < -0.3 is 9.30 Å². The van der Waals surface area contributed by atoms with E-state index in [1.165, 1.54) is 11.1 Å². The second-order valence-electron chi connectivity index (χ2n) is 4.35. The summed E-state index contributed by atoms with van der Waals surface area (Å²) in [5, 5.41) is 8.88. The minimum absolute atomic E-state index is 0.472. The van der Waals surface area contributed by atoms with Crippen LogP contribution in [0.3, 0.4) is 0 Å². The number of ether oxygens (including phenoxy) is 1. The minimum Gasteiger partial charge on any atom is -0.493 e. The van der Waals surface area contributed by atoms with Crippen molar-refractivity contribution in [2.75, 3.05) is 6.61 Å². The van der Waals surface area contributed by atoms with Gasteiger partial charge in [-0.2, -0.15) is 5.26 Å². The molecule has 0 aliphatic carbocycles. The van der Waals surface area contributed by atoms with Crippen molar-refractivity contribution in [3.8, 4) is 11.8 Å². The molecule has 0 spiro atoms. The van der Waals surface area contributed by atoms with E-state index in [1.54, 1.807) is 6.20 Å². The third-order valence-electron chi connectivity index (χ3n) is 3.21. The number of rotatable bonds is 3. The van der Waals surface area contributed by atoms with Crippen molar-refractivity contribution in [1.29, 1.82) is 5.26 Å². The van der Waals surface area contributed by atoms with Crippen LogP contribution in [0.5, 0.6) is 5.75 Å². The lowest BCUT2D eigenvalue weighted by molar-refractivity contribution is 0.357. The zero-order valence-electron chi connectivity index (χ0n) is 9.97. The Labute approximate surface area is 105 Å². The lowest BCUT2D eigenvalue weighted by atomic mass is 10.1. The molecule has 3 rings (SSSR count). The molecule has 0 unspecified atom stereocenters. The summed E-state index contributed by atoms with van der Waals surface area (Å²) in [6.45, 7) is 1.57. The molecule has 0 bridgehead atoms. The van der Waals surface area contributed by atoms with Gasteiger partial charge in [0.05, 0.1) is 6.61 Å². The zero-order chi connectivity index (χ0) is 12.4. The summed E-state index contributed by atoms with van der Waals surface area (Å²) in [7, 11) is 0. The van der Waals surface area contributed by atoms with Crippen LogP contribution in [0.25, 0.3) is 0 Å². The van der Waals surface area contributed by atoms with Gasteiger partial charge in [-0.05, 0) is 23.6 Å². The Morgan fingerprint density at radius 3 is 3.28 bits per heavy atom. The summed E-state index contributed by atoms with van der Waals surface area (Å²) in [5.41, 5.74) is 2.57. The number of imidazole rings is 1. The van der Waals surface area contributed by atoms with E-state index in [0.29, 0.717) is 5.82 Å². The van der Waals surface area contributed by atoms with Crippen molar-refractivity contribution in [3.05, 3.63) is 47.5 Å². The van der Waals surface area contributed by atoms with Gasteiger partial charge in [-0.15, -0.1) is 0 Å². The first-order valence-corrected chi connectivity index (χ1v) is 6.02. The van der Waals surface area contributed by atoms with Crippen molar-refractivity contribution in [3.63, 3.8) is 0 Å². The molecular formula is C14H13N3O. The molecule has 4 nitrogen and oxygen atoms in total. The van der Waals surface area contributed by atoms with Crippen LogP contribution in [0.2, 0.25) is 0 Å². The Bertz CT molecular complexity index is 610. The summed E-state index contributed by atoms with van der Waals surface area (Å²) >= 11 is 0. The van der Waals surface area contributed by atoms with E-state index in [1.807, 2.05) is 16.8 Å². The maximum atomic E-state index is 8.88. The SMILES string of the molecule is N#Cc1nccn1CCc1ccc2c(c1)CCO2. The molecule has 18 heavy (non-hydrogen) atoms. The highest BCUT2D eigenvalue weighted by Crippen LogP contribution is 2.26. The number of aromatic nitrogens is 2. The molecule has 1 aromatic heterocycles. The summed E-state index contributed by atoms with van der Waals surface area (Å²) in [6, 6.07) is 8.41. The van der Waals surface area contributed by atoms with Crippen LogP contribution in [-0.2, 0) is 19.4 Å². The molecule has 4 heteroatoms. The summed E-state index contributed by atoms with van der Waals surface area (Å²) in [6.07, 6.45) is 5.40. The van der Waals surface area contributed by atoms with Crippen molar-refractivity contribution >= 4 is 0 Å². The van der Waals surface area contributed by atoms with Crippen molar-refractivity contribution < 1.29 is 4.74 Å². The number of hydrogen-bond acceptors (Lipinski definition) is 3. The third-order valence-corrected chi connectivity index (χ3v) is 3.21. The molecule has 2 heterocycles. The number of nitrogens with zero attached hydrogens (tertiary/aromatic N) is 3. The first-order valence-electron chi connectivity index (χ1n) is 6.02. The van der Waals surface area contributed by atoms with Crippen LogP contribution in [0, 0.1) is 11.3 Å². The maximum Gasteiger partial charge on any atom is 0.212 e. The van der Waals surface area contributed by atoms with E-state index in [-0.39, 0.29) is 0 Å². The van der Waals surface area contributed by atoms with E-state index >= 15 is 0 Å². The normalized spacial score (nSPS) is 12.8. The molecule has 0 N–H and O–H groups in total. The Kier molecular flexibility index (Phi) is 2.73. The van der Waals surface area contributed by atoms with E-state index < -0.39 is 0 Å². The van der Waals surface area contributed by atoms with Crippen LogP contribution >= 0.6 is 0 Å². The summed E-state index contributed by atoms with van der Waals surface area (Å²) in [4.78, 5) is 3.99. The van der Waals surface area contributed by atoms with Gasteiger partial charge in [0.25, 0.3) is 0 Å². The lowest BCUT2D eigenvalue weighted by Crippen LogP contribution is -2.03. The second-order valence-corrected chi connectivity index (χ2v) is 4.35. The van der Waals surface area contributed by atoms with Crippen molar-refractivity contribution in [2.45, 2.75) is 19.4 Å². The maximum absolute atomic E-state index is 8.88. The van der Waals surface area contributed by atoms with Gasteiger partial charge in [0.1, 0.15) is 11.8 Å². The average Bonchev–Trinajstić information content (AvgIpc) is 3.04. The molecule has 90 valence electrons. The number of hydrogen-bond donors (Lipinski definition) is 0. The quantitative estimate of drug-likeness (QED) is 0.822. The van der Waals surface area contributed by atoms with E-state index in [2.05, 4.69) is 23.2 Å². The number of benzene rings is 1. The number of fused-ring (bicyclic) bond motifs is 1. The summed E-state index contributed by atoms with van der Waals surface area (Å²) in [5.74, 6) is 1.48. The van der Waals surface area contributed by atoms with Crippen molar-refractivity contribution in [2.24, 2.45) is 0 Å². The molecule has 0 amide bonds. The zero-order valence-corrected chi connectivity index (χ0v) is 9.97. The molecule has 0 fully saturated rings. The predicted octanol–water partition coefficient (Wildman–Crippen LogP) is 1.93. The fraction of sp³-hybridized carbons (Fsp3) is 0.286. The first-order chi connectivity index (χ1) is 8.86. The van der Waals surface area contributed by atoms with Gasteiger partial charge in [0, 0.05) is 25.4 Å². The molecule has 1 aliphatic heterocycles. The van der Waals surface area contributed by atoms with Crippen molar-refractivity contribution in [1.82, 2.24) is 9.55 Å². The topological polar surface area (TPSA) is 50.8 Å². The Balaban J connectivity index is 1.72. The third kappa shape index (κ3) is 1.95. The second kappa shape index (κ2) is 4.53. The smallest absolute Gasteiger partial charge is 0.212 e. The highest BCUT2D eigenvalue weighted by Gasteiger charge is 2.12. The predicted molar refractivity (Wildman–Crippen MR) is 66.3 cm³/mol. The molecule has 0 radical (unpaired) electrons. The van der Waals surface area contributed by atoms with Crippen LogP contribution in [-0.4, -0.2) is 16.2 Å².